The van der Waals surface area contributed by atoms with Crippen LogP contribution in [0.4, 0.5) is 0 Å². The molecule has 106 valence electrons. The molecule has 0 spiro atoms. The largest absolute Gasteiger partial charge is 0.497 e. The van der Waals surface area contributed by atoms with Gasteiger partial charge in [-0.25, -0.2) is 0 Å². The number of benzene rings is 1. The molecule has 0 fully saturated rings. The highest BCUT2D eigenvalue weighted by atomic mass is 32.2. The van der Waals surface area contributed by atoms with Crippen LogP contribution in [0, 0.1) is 0 Å². The Morgan fingerprint density at radius 3 is 2.55 bits per heavy atom. The van der Waals surface area contributed by atoms with Gasteiger partial charge in [0.05, 0.1) is 14.2 Å². The van der Waals surface area contributed by atoms with Crippen molar-refractivity contribution < 1.29 is 18.7 Å². The second-order valence-corrected chi connectivity index (χ2v) is 5.18. The van der Waals surface area contributed by atoms with Crippen molar-refractivity contribution in [2.75, 3.05) is 14.2 Å². The molecule has 1 unspecified atom stereocenters. The van der Waals surface area contributed by atoms with Crippen molar-refractivity contribution in [3.05, 3.63) is 24.3 Å². The summed E-state index contributed by atoms with van der Waals surface area (Å²) < 4.78 is 15.2. The van der Waals surface area contributed by atoms with Gasteiger partial charge in [0.2, 0.25) is 5.89 Å². The standard InChI is InChI=1S/C13H14N2O4S/c1-8(12(16)18-3)20-13-15-14-11(19-13)9-4-6-10(17-2)7-5-9/h4-8H,1-3H3. The number of aromatic nitrogens is 2. The maximum Gasteiger partial charge on any atom is 0.319 e. The molecule has 1 aromatic carbocycles. The maximum absolute atomic E-state index is 11.3. The molecule has 0 saturated heterocycles. The van der Waals surface area contributed by atoms with Gasteiger partial charge in [-0.15, -0.1) is 10.2 Å². The topological polar surface area (TPSA) is 74.5 Å². The third-order valence-corrected chi connectivity index (χ3v) is 3.47. The first-order valence-electron chi connectivity index (χ1n) is 5.86. The lowest BCUT2D eigenvalue weighted by molar-refractivity contribution is -0.139. The summed E-state index contributed by atoms with van der Waals surface area (Å²) >= 11 is 1.16. The fourth-order valence-electron chi connectivity index (χ4n) is 1.47. The van der Waals surface area contributed by atoms with Crippen LogP contribution in [-0.2, 0) is 9.53 Å². The molecule has 0 amide bonds. The SMILES string of the molecule is COC(=O)C(C)Sc1nnc(-c2ccc(OC)cc2)o1. The average Bonchev–Trinajstić information content (AvgIpc) is 2.94. The van der Waals surface area contributed by atoms with Crippen LogP contribution in [0.5, 0.6) is 5.75 Å². The molecule has 6 nitrogen and oxygen atoms in total. The average molecular weight is 294 g/mol. The number of hydrogen-bond acceptors (Lipinski definition) is 7. The highest BCUT2D eigenvalue weighted by Gasteiger charge is 2.19. The molecule has 0 aliphatic heterocycles. The number of hydrogen-bond donors (Lipinski definition) is 0. The van der Waals surface area contributed by atoms with Crippen LogP contribution in [-0.4, -0.2) is 35.6 Å². The predicted octanol–water partition coefficient (Wildman–Crippen LogP) is 2.40. The lowest BCUT2D eigenvalue weighted by Crippen LogP contribution is -2.14. The number of esters is 1. The summed E-state index contributed by atoms with van der Waals surface area (Å²) in [6.07, 6.45) is 0. The van der Waals surface area contributed by atoms with E-state index in [2.05, 4.69) is 14.9 Å². The molecule has 0 aliphatic carbocycles. The third-order valence-electron chi connectivity index (χ3n) is 2.55. The third kappa shape index (κ3) is 3.30. The van der Waals surface area contributed by atoms with Gasteiger partial charge in [-0.3, -0.25) is 4.79 Å². The number of nitrogens with zero attached hydrogens (tertiary/aromatic N) is 2. The number of carbonyl (C=O) groups is 1. The molecule has 0 aliphatic rings. The minimum Gasteiger partial charge on any atom is -0.497 e. The summed E-state index contributed by atoms with van der Waals surface area (Å²) in [6, 6.07) is 7.27. The first-order valence-corrected chi connectivity index (χ1v) is 6.74. The first kappa shape index (κ1) is 14.4. The van der Waals surface area contributed by atoms with Gasteiger partial charge < -0.3 is 13.9 Å². The molecule has 0 bridgehead atoms. The number of rotatable bonds is 5. The summed E-state index contributed by atoms with van der Waals surface area (Å²) in [7, 11) is 2.95. The van der Waals surface area contributed by atoms with Crippen molar-refractivity contribution >= 4 is 17.7 Å². The van der Waals surface area contributed by atoms with Crippen LogP contribution < -0.4 is 4.74 Å². The zero-order valence-electron chi connectivity index (χ0n) is 11.3. The van der Waals surface area contributed by atoms with Crippen molar-refractivity contribution in [3.63, 3.8) is 0 Å². The van der Waals surface area contributed by atoms with Gasteiger partial charge in [0.15, 0.2) is 0 Å². The molecule has 0 radical (unpaired) electrons. The van der Waals surface area contributed by atoms with Crippen LogP contribution in [0.3, 0.4) is 0 Å². The van der Waals surface area contributed by atoms with Crippen LogP contribution in [0.2, 0.25) is 0 Å². The Balaban J connectivity index is 2.09. The van der Waals surface area contributed by atoms with Crippen molar-refractivity contribution in [2.45, 2.75) is 17.4 Å². The Kier molecular flexibility index (Phi) is 4.62. The molecule has 0 saturated carbocycles. The minimum absolute atomic E-state index is 0.328. The van der Waals surface area contributed by atoms with Crippen LogP contribution >= 0.6 is 11.8 Å². The van der Waals surface area contributed by atoms with E-state index in [-0.39, 0.29) is 5.97 Å². The predicted molar refractivity (Wildman–Crippen MR) is 73.6 cm³/mol. The van der Waals surface area contributed by atoms with Gasteiger partial charge in [-0.05, 0) is 31.2 Å². The van der Waals surface area contributed by atoms with Gasteiger partial charge in [-0.2, -0.15) is 0 Å². The van der Waals surface area contributed by atoms with E-state index in [9.17, 15) is 4.79 Å². The van der Waals surface area contributed by atoms with E-state index in [1.165, 1.54) is 7.11 Å². The van der Waals surface area contributed by atoms with Crippen molar-refractivity contribution in [3.8, 4) is 17.2 Å². The van der Waals surface area contributed by atoms with E-state index in [0.29, 0.717) is 11.1 Å². The Labute approximate surface area is 120 Å². The quantitative estimate of drug-likeness (QED) is 0.619. The van der Waals surface area contributed by atoms with E-state index in [1.54, 1.807) is 14.0 Å². The Hall–Kier alpha value is -2.02. The summed E-state index contributed by atoms with van der Waals surface area (Å²) in [4.78, 5) is 11.3. The zero-order chi connectivity index (χ0) is 14.5. The zero-order valence-corrected chi connectivity index (χ0v) is 12.1. The minimum atomic E-state index is -0.399. The number of ether oxygens (including phenoxy) is 2. The molecular formula is C13H14N2O4S. The van der Waals surface area contributed by atoms with E-state index in [0.717, 1.165) is 23.1 Å². The smallest absolute Gasteiger partial charge is 0.319 e. The van der Waals surface area contributed by atoms with Gasteiger partial charge in [0, 0.05) is 5.56 Å². The maximum atomic E-state index is 11.3. The highest BCUT2D eigenvalue weighted by Crippen LogP contribution is 2.27. The van der Waals surface area contributed by atoms with Crippen molar-refractivity contribution in [2.24, 2.45) is 0 Å². The molecule has 0 N–H and O–H groups in total. The number of methoxy groups -OCH3 is 2. The van der Waals surface area contributed by atoms with Crippen molar-refractivity contribution in [1.29, 1.82) is 0 Å². The number of thioether (sulfide) groups is 1. The molecule has 1 aromatic heterocycles. The molecule has 1 atom stereocenters. The highest BCUT2D eigenvalue weighted by molar-refractivity contribution is 8.00. The van der Waals surface area contributed by atoms with E-state index >= 15 is 0 Å². The Morgan fingerprint density at radius 1 is 1.25 bits per heavy atom. The molecule has 2 rings (SSSR count). The fraction of sp³-hybridized carbons (Fsp3) is 0.308. The number of carbonyl (C=O) groups excluding carboxylic acids is 1. The monoisotopic (exact) mass is 294 g/mol. The van der Waals surface area contributed by atoms with Crippen molar-refractivity contribution in [1.82, 2.24) is 10.2 Å². The summed E-state index contributed by atoms with van der Waals surface area (Å²) in [5, 5.41) is 7.78. The molecule has 1 heterocycles. The van der Waals surface area contributed by atoms with Gasteiger partial charge in [0.25, 0.3) is 5.22 Å². The second-order valence-electron chi connectivity index (χ2n) is 3.88. The first-order chi connectivity index (χ1) is 9.63. The summed E-state index contributed by atoms with van der Waals surface area (Å²) in [5.41, 5.74) is 0.788. The van der Waals surface area contributed by atoms with E-state index < -0.39 is 5.25 Å². The normalized spacial score (nSPS) is 11.9. The van der Waals surface area contributed by atoms with Gasteiger partial charge >= 0.3 is 5.97 Å². The second kappa shape index (κ2) is 6.42. The van der Waals surface area contributed by atoms with Crippen LogP contribution in [0.15, 0.2) is 33.9 Å². The summed E-state index contributed by atoms with van der Waals surface area (Å²) in [5.74, 6) is 0.814. The Bertz CT molecular complexity index is 582. The lowest BCUT2D eigenvalue weighted by Gasteiger charge is -2.04. The molecule has 7 heteroatoms. The van der Waals surface area contributed by atoms with Gasteiger partial charge in [-0.1, -0.05) is 11.8 Å². The van der Waals surface area contributed by atoms with E-state index in [1.807, 2.05) is 24.3 Å². The van der Waals surface area contributed by atoms with Crippen LogP contribution in [0.25, 0.3) is 11.5 Å². The molecule has 2 aromatic rings. The molecular weight excluding hydrogens is 280 g/mol. The van der Waals surface area contributed by atoms with Gasteiger partial charge in [0.1, 0.15) is 11.0 Å². The lowest BCUT2D eigenvalue weighted by atomic mass is 10.2. The summed E-state index contributed by atoms with van der Waals surface area (Å²) in [6.45, 7) is 1.72. The van der Waals surface area contributed by atoms with E-state index in [4.69, 9.17) is 9.15 Å². The fourth-order valence-corrected chi connectivity index (χ4v) is 2.18. The Morgan fingerprint density at radius 2 is 1.95 bits per heavy atom. The van der Waals surface area contributed by atoms with Crippen LogP contribution in [0.1, 0.15) is 6.92 Å². The molecule has 20 heavy (non-hydrogen) atoms.